The van der Waals surface area contributed by atoms with Gasteiger partial charge in [-0.25, -0.2) is 0 Å². The average molecular weight is 382 g/mol. The number of hydrogen-bond donors (Lipinski definition) is 1. The molecule has 8 nitrogen and oxygen atoms in total. The average Bonchev–Trinajstić information content (AvgIpc) is 2.63. The van der Waals surface area contributed by atoms with Gasteiger partial charge in [-0.1, -0.05) is 13.8 Å². The molecule has 0 aromatic carbocycles. The van der Waals surface area contributed by atoms with Gasteiger partial charge in [-0.2, -0.15) is 0 Å². The first-order valence-corrected chi connectivity index (χ1v) is 9.09. The van der Waals surface area contributed by atoms with Gasteiger partial charge in [0.2, 0.25) is 0 Å². The van der Waals surface area contributed by atoms with Gasteiger partial charge in [0.25, 0.3) is 5.91 Å². The second-order valence-corrected chi connectivity index (χ2v) is 7.09. The fraction of sp³-hybridized carbons (Fsp3) is 0.684. The van der Waals surface area contributed by atoms with E-state index in [-0.39, 0.29) is 37.6 Å². The minimum atomic E-state index is -1.11. The van der Waals surface area contributed by atoms with Crippen molar-refractivity contribution in [3.63, 3.8) is 0 Å². The summed E-state index contributed by atoms with van der Waals surface area (Å²) in [5.41, 5.74) is -0.541. The molecule has 27 heavy (non-hydrogen) atoms. The van der Waals surface area contributed by atoms with Crippen molar-refractivity contribution in [1.29, 1.82) is 0 Å². The summed E-state index contributed by atoms with van der Waals surface area (Å²) in [7, 11) is 3.06. The van der Waals surface area contributed by atoms with Crippen LogP contribution in [-0.4, -0.2) is 73.5 Å². The van der Waals surface area contributed by atoms with Crippen molar-refractivity contribution in [1.82, 2.24) is 9.88 Å². The van der Waals surface area contributed by atoms with Gasteiger partial charge in [-0.3, -0.25) is 9.78 Å². The molecule has 0 saturated carbocycles. The summed E-state index contributed by atoms with van der Waals surface area (Å²) in [5.74, 6) is 0.355. The molecule has 2 unspecified atom stereocenters. The van der Waals surface area contributed by atoms with E-state index in [0.717, 1.165) is 0 Å². The monoisotopic (exact) mass is 382 g/mol. The molecule has 0 bridgehead atoms. The van der Waals surface area contributed by atoms with Crippen molar-refractivity contribution in [3.8, 4) is 5.75 Å². The van der Waals surface area contributed by atoms with Gasteiger partial charge >= 0.3 is 0 Å². The second-order valence-electron chi connectivity index (χ2n) is 7.09. The molecule has 0 radical (unpaired) electrons. The van der Waals surface area contributed by atoms with Crippen molar-refractivity contribution in [2.75, 3.05) is 41.0 Å². The minimum Gasteiger partial charge on any atom is -0.508 e. The normalized spacial score (nSPS) is 22.3. The van der Waals surface area contributed by atoms with Crippen LogP contribution in [0.2, 0.25) is 0 Å². The van der Waals surface area contributed by atoms with Crippen LogP contribution < -0.4 is 0 Å². The highest BCUT2D eigenvalue weighted by Gasteiger charge is 2.61. The molecule has 2 atom stereocenters. The van der Waals surface area contributed by atoms with Crippen LogP contribution in [0.1, 0.15) is 26.0 Å². The first-order chi connectivity index (χ1) is 12.9. The minimum absolute atomic E-state index is 0.0191. The molecular formula is C19H30N2O6. The van der Waals surface area contributed by atoms with Crippen molar-refractivity contribution in [2.45, 2.75) is 38.3 Å². The third kappa shape index (κ3) is 5.16. The molecule has 2 heterocycles. The number of likely N-dealkylation sites (tertiary alicyclic amines) is 1. The number of amides is 1. The lowest BCUT2D eigenvalue weighted by Crippen LogP contribution is -2.76. The lowest BCUT2D eigenvalue weighted by molar-refractivity contribution is -0.235. The number of rotatable bonds is 12. The Morgan fingerprint density at radius 1 is 1.33 bits per heavy atom. The Morgan fingerprint density at radius 3 is 2.74 bits per heavy atom. The van der Waals surface area contributed by atoms with Crippen molar-refractivity contribution in [3.05, 3.63) is 24.0 Å². The highest BCUT2D eigenvalue weighted by molar-refractivity contribution is 5.93. The Balaban J connectivity index is 2.19. The number of carbonyl (C=O) groups excluding carboxylic acids is 1. The summed E-state index contributed by atoms with van der Waals surface area (Å²) in [4.78, 5) is 18.9. The number of nitrogens with zero attached hydrogens (tertiary/aromatic N) is 2. The lowest BCUT2D eigenvalue weighted by atomic mass is 9.77. The maximum atomic E-state index is 13.0. The quantitative estimate of drug-likeness (QED) is 0.333. The maximum absolute atomic E-state index is 13.0. The Kier molecular flexibility index (Phi) is 7.97. The summed E-state index contributed by atoms with van der Waals surface area (Å²) in [6.07, 6.45) is 2.34. The Morgan fingerprint density at radius 2 is 2.11 bits per heavy atom. The van der Waals surface area contributed by atoms with Gasteiger partial charge in [0.15, 0.2) is 5.60 Å². The molecule has 8 heteroatoms. The van der Waals surface area contributed by atoms with E-state index in [9.17, 15) is 9.90 Å². The molecule has 1 amide bonds. The molecule has 0 aliphatic carbocycles. The fourth-order valence-electron chi connectivity index (χ4n) is 3.30. The number of pyridine rings is 1. The zero-order valence-electron chi connectivity index (χ0n) is 16.5. The first-order valence-electron chi connectivity index (χ1n) is 9.09. The smallest absolute Gasteiger partial charge is 0.259 e. The van der Waals surface area contributed by atoms with Crippen LogP contribution >= 0.6 is 0 Å². The number of hydrogen-bond acceptors (Lipinski definition) is 7. The number of aromatic hydroxyl groups is 1. The third-order valence-corrected chi connectivity index (χ3v) is 4.47. The molecule has 1 aromatic heterocycles. The molecule has 1 fully saturated rings. The lowest BCUT2D eigenvalue weighted by Gasteiger charge is -2.55. The molecule has 2 rings (SSSR count). The first kappa shape index (κ1) is 21.6. The summed E-state index contributed by atoms with van der Waals surface area (Å²) >= 11 is 0. The summed E-state index contributed by atoms with van der Waals surface area (Å²) < 4.78 is 21.8. The Hall–Kier alpha value is -1.74. The van der Waals surface area contributed by atoms with Crippen LogP contribution in [0.5, 0.6) is 5.75 Å². The molecule has 0 spiro atoms. The second kappa shape index (κ2) is 9.98. The predicted octanol–water partition coefficient (Wildman–Crippen LogP) is 1.57. The standard InChI is InChI=1S/C19H30N2O6/c1-14(2)11-26-8-6-17-19(27-13-25-4,18(23)21(17)12-24-3)10-15-9-16(22)5-7-20-15/h5,7,9,14,17H,6,8,10-13H2,1-4H3,(H,20,22). The van der Waals surface area contributed by atoms with Crippen LogP contribution in [0.25, 0.3) is 0 Å². The van der Waals surface area contributed by atoms with Gasteiger partial charge in [-0.05, 0) is 18.4 Å². The van der Waals surface area contributed by atoms with Crippen LogP contribution in [0.3, 0.4) is 0 Å². The molecule has 1 aliphatic heterocycles. The summed E-state index contributed by atoms with van der Waals surface area (Å²) in [6.45, 7) is 5.49. The number of β-lactam (4-membered cyclic amide) rings is 1. The zero-order valence-corrected chi connectivity index (χ0v) is 16.5. The van der Waals surface area contributed by atoms with Crippen molar-refractivity contribution >= 4 is 5.91 Å². The van der Waals surface area contributed by atoms with Crippen LogP contribution in [-0.2, 0) is 30.2 Å². The Labute approximate surface area is 160 Å². The highest BCUT2D eigenvalue weighted by Crippen LogP contribution is 2.39. The number of ether oxygens (including phenoxy) is 4. The maximum Gasteiger partial charge on any atom is 0.259 e. The van der Waals surface area contributed by atoms with E-state index in [1.54, 1.807) is 12.0 Å². The zero-order chi connectivity index (χ0) is 19.9. The molecule has 1 saturated heterocycles. The van der Waals surface area contributed by atoms with Gasteiger partial charge in [0.05, 0.1) is 6.04 Å². The number of methoxy groups -OCH3 is 2. The van der Waals surface area contributed by atoms with E-state index in [1.165, 1.54) is 25.4 Å². The predicted molar refractivity (Wildman–Crippen MR) is 98.1 cm³/mol. The summed E-state index contributed by atoms with van der Waals surface area (Å²) in [5, 5.41) is 9.73. The third-order valence-electron chi connectivity index (χ3n) is 4.47. The van der Waals surface area contributed by atoms with Crippen molar-refractivity contribution < 1.29 is 28.8 Å². The fourth-order valence-corrected chi connectivity index (χ4v) is 3.30. The van der Waals surface area contributed by atoms with Crippen LogP contribution in [0.4, 0.5) is 0 Å². The van der Waals surface area contributed by atoms with E-state index >= 15 is 0 Å². The van der Waals surface area contributed by atoms with Crippen LogP contribution in [0, 0.1) is 5.92 Å². The van der Waals surface area contributed by atoms with E-state index in [0.29, 0.717) is 31.2 Å². The van der Waals surface area contributed by atoms with Gasteiger partial charge in [-0.15, -0.1) is 0 Å². The molecule has 1 aliphatic rings. The topological polar surface area (TPSA) is 90.4 Å². The highest BCUT2D eigenvalue weighted by atomic mass is 16.7. The SMILES string of the molecule is COCOC1(Cc2cc(O)ccn2)C(=O)N(COC)C1CCOCC(C)C. The van der Waals surface area contributed by atoms with E-state index in [2.05, 4.69) is 18.8 Å². The molecular weight excluding hydrogens is 352 g/mol. The van der Waals surface area contributed by atoms with Crippen molar-refractivity contribution in [2.24, 2.45) is 5.92 Å². The molecule has 1 N–H and O–H groups in total. The number of aromatic nitrogens is 1. The van der Waals surface area contributed by atoms with Gasteiger partial charge in [0.1, 0.15) is 19.3 Å². The Bertz CT molecular complexity index is 612. The molecule has 1 aromatic rings. The van der Waals surface area contributed by atoms with E-state index in [1.807, 2.05) is 0 Å². The van der Waals surface area contributed by atoms with E-state index < -0.39 is 5.60 Å². The van der Waals surface area contributed by atoms with E-state index in [4.69, 9.17) is 18.9 Å². The number of carbonyl (C=O) groups is 1. The van der Waals surface area contributed by atoms with Crippen LogP contribution in [0.15, 0.2) is 18.3 Å². The van der Waals surface area contributed by atoms with Gasteiger partial charge in [0, 0.05) is 51.8 Å². The largest absolute Gasteiger partial charge is 0.508 e. The summed E-state index contributed by atoms with van der Waals surface area (Å²) in [6, 6.07) is 2.79. The molecule has 152 valence electrons. The van der Waals surface area contributed by atoms with Gasteiger partial charge < -0.3 is 29.0 Å².